The van der Waals surface area contributed by atoms with Crippen LogP contribution in [0.2, 0.25) is 0 Å². The zero-order chi connectivity index (χ0) is 22.7. The number of aromatic carboxylic acids is 1. The Hall–Kier alpha value is -3.43. The van der Waals surface area contributed by atoms with Gasteiger partial charge in [0.2, 0.25) is 0 Å². The number of imidazole rings is 1. The van der Waals surface area contributed by atoms with Gasteiger partial charge in [-0.15, -0.1) is 0 Å². The van der Waals surface area contributed by atoms with E-state index in [-0.39, 0.29) is 28.3 Å². The fraction of sp³-hybridized carbons (Fsp3) is 0.381. The van der Waals surface area contributed by atoms with E-state index in [1.165, 1.54) is 19.2 Å². The van der Waals surface area contributed by atoms with Crippen molar-refractivity contribution in [3.8, 4) is 22.9 Å². The first-order valence-corrected chi connectivity index (χ1v) is 9.56. The SMILES string of the molecule is COc1cc(OC(F)F)c2nc3c(n2c1)C[C@H](C(C)(C)C)c1cc(C(=O)O)c(=O)[nH]c1-3. The lowest BCUT2D eigenvalue weighted by Crippen LogP contribution is -2.29. The van der Waals surface area contributed by atoms with Gasteiger partial charge >= 0.3 is 12.6 Å². The molecule has 0 unspecified atom stereocenters. The summed E-state index contributed by atoms with van der Waals surface area (Å²) >= 11 is 0. The molecule has 0 aromatic carbocycles. The molecule has 0 radical (unpaired) electrons. The maximum absolute atomic E-state index is 13.0. The molecule has 10 heteroatoms. The van der Waals surface area contributed by atoms with Crippen LogP contribution in [0.1, 0.15) is 48.3 Å². The van der Waals surface area contributed by atoms with E-state index in [2.05, 4.69) is 14.7 Å². The second kappa shape index (κ2) is 7.07. The lowest BCUT2D eigenvalue weighted by atomic mass is 9.70. The third-order valence-electron chi connectivity index (χ3n) is 5.57. The van der Waals surface area contributed by atoms with Crippen molar-refractivity contribution in [3.05, 3.63) is 45.5 Å². The maximum Gasteiger partial charge on any atom is 0.387 e. The number of carbonyl (C=O) groups is 1. The number of ether oxygens (including phenoxy) is 2. The summed E-state index contributed by atoms with van der Waals surface area (Å²) in [5.74, 6) is -1.36. The Morgan fingerprint density at radius 1 is 1.35 bits per heavy atom. The number of aromatic nitrogens is 3. The van der Waals surface area contributed by atoms with Crippen LogP contribution in [0, 0.1) is 5.41 Å². The molecule has 1 aliphatic carbocycles. The van der Waals surface area contributed by atoms with Crippen molar-refractivity contribution in [3.63, 3.8) is 0 Å². The number of hydrogen-bond acceptors (Lipinski definition) is 5. The number of carboxylic acid groups (broad SMARTS) is 1. The van der Waals surface area contributed by atoms with E-state index < -0.39 is 18.1 Å². The maximum atomic E-state index is 13.0. The zero-order valence-electron chi connectivity index (χ0n) is 17.3. The number of nitrogens with one attached hydrogen (secondary N) is 1. The van der Waals surface area contributed by atoms with Crippen molar-refractivity contribution in [2.24, 2.45) is 5.41 Å². The van der Waals surface area contributed by atoms with Crippen molar-refractivity contribution in [2.75, 3.05) is 7.11 Å². The molecule has 1 atom stereocenters. The highest BCUT2D eigenvalue weighted by molar-refractivity contribution is 5.88. The standard InChI is InChI=1S/C21H21F2N3O5/c1-21(2,3)12-7-13-16(15-10(12)6-11(19(28)29)18(27)25-15)24-17-14(31-20(22)23)5-9(30-4)8-26(13)17/h5-6,8,12,20H,7H2,1-4H3,(H,25,27)(H,28,29)/t12-/m0/s1. The van der Waals surface area contributed by atoms with E-state index in [4.69, 9.17) is 4.74 Å². The Labute approximate surface area is 175 Å². The normalized spacial score (nSPS) is 15.6. The molecule has 0 saturated carbocycles. The molecule has 2 N–H and O–H groups in total. The molecule has 0 aliphatic heterocycles. The number of H-pyrrole nitrogens is 1. The van der Waals surface area contributed by atoms with Crippen LogP contribution in [0.3, 0.4) is 0 Å². The molecule has 0 amide bonds. The van der Waals surface area contributed by atoms with Gasteiger partial charge < -0.3 is 19.6 Å². The van der Waals surface area contributed by atoms with Gasteiger partial charge in [-0.25, -0.2) is 9.78 Å². The number of fused-ring (bicyclic) bond motifs is 5. The molecular formula is C21H21F2N3O5. The number of methoxy groups -OCH3 is 1. The van der Waals surface area contributed by atoms with Gasteiger partial charge in [0.15, 0.2) is 11.4 Å². The molecule has 0 saturated heterocycles. The highest BCUT2D eigenvalue weighted by Crippen LogP contribution is 2.47. The van der Waals surface area contributed by atoms with Crippen molar-refractivity contribution in [1.29, 1.82) is 0 Å². The molecule has 3 aromatic rings. The largest absolute Gasteiger partial charge is 0.495 e. The molecule has 0 bridgehead atoms. The van der Waals surface area contributed by atoms with E-state index in [0.29, 0.717) is 34.8 Å². The Morgan fingerprint density at radius 2 is 2.06 bits per heavy atom. The van der Waals surface area contributed by atoms with Crippen LogP contribution in [0.5, 0.6) is 11.5 Å². The number of hydrogen-bond donors (Lipinski definition) is 2. The number of pyridine rings is 2. The molecule has 164 valence electrons. The van der Waals surface area contributed by atoms with Gasteiger partial charge in [0.1, 0.15) is 17.0 Å². The zero-order valence-corrected chi connectivity index (χ0v) is 17.3. The highest BCUT2D eigenvalue weighted by Gasteiger charge is 2.37. The molecule has 8 nitrogen and oxygen atoms in total. The van der Waals surface area contributed by atoms with Crippen molar-refractivity contribution in [1.82, 2.24) is 14.4 Å². The van der Waals surface area contributed by atoms with E-state index in [0.717, 1.165) is 0 Å². The molecule has 31 heavy (non-hydrogen) atoms. The van der Waals surface area contributed by atoms with Crippen LogP contribution in [0.4, 0.5) is 8.78 Å². The van der Waals surface area contributed by atoms with E-state index in [9.17, 15) is 23.5 Å². The highest BCUT2D eigenvalue weighted by atomic mass is 19.3. The minimum absolute atomic E-state index is 0.148. The predicted octanol–water partition coefficient (Wildman–Crippen LogP) is 3.68. The van der Waals surface area contributed by atoms with Crippen LogP contribution in [-0.4, -0.2) is 39.2 Å². The summed E-state index contributed by atoms with van der Waals surface area (Å²) in [4.78, 5) is 31.1. The fourth-order valence-electron chi connectivity index (χ4n) is 4.08. The van der Waals surface area contributed by atoms with E-state index in [1.54, 1.807) is 10.6 Å². The third kappa shape index (κ3) is 3.41. The van der Waals surface area contributed by atoms with Crippen LogP contribution in [0.25, 0.3) is 17.0 Å². The first-order valence-electron chi connectivity index (χ1n) is 9.56. The molecular weight excluding hydrogens is 412 g/mol. The van der Waals surface area contributed by atoms with Gasteiger partial charge in [-0.2, -0.15) is 8.78 Å². The Morgan fingerprint density at radius 3 is 2.65 bits per heavy atom. The number of alkyl halides is 2. The predicted molar refractivity (Wildman–Crippen MR) is 107 cm³/mol. The summed E-state index contributed by atoms with van der Waals surface area (Å²) in [5.41, 5.74) is 0.816. The Kier molecular flexibility index (Phi) is 4.75. The smallest absolute Gasteiger partial charge is 0.387 e. The minimum Gasteiger partial charge on any atom is -0.495 e. The van der Waals surface area contributed by atoms with Gasteiger partial charge in [-0.3, -0.25) is 9.20 Å². The number of aromatic amines is 1. The van der Waals surface area contributed by atoms with Gasteiger partial charge in [0, 0.05) is 6.07 Å². The first kappa shape index (κ1) is 20.8. The fourth-order valence-corrected chi connectivity index (χ4v) is 4.08. The topological polar surface area (TPSA) is 106 Å². The van der Waals surface area contributed by atoms with Crippen LogP contribution in [0.15, 0.2) is 23.1 Å². The van der Waals surface area contributed by atoms with Crippen molar-refractivity contribution < 1.29 is 28.2 Å². The van der Waals surface area contributed by atoms with Crippen molar-refractivity contribution >= 4 is 11.6 Å². The number of nitrogens with zero attached hydrogens (tertiary/aromatic N) is 2. The molecule has 3 aromatic heterocycles. The monoisotopic (exact) mass is 433 g/mol. The van der Waals surface area contributed by atoms with E-state index in [1.807, 2.05) is 20.8 Å². The van der Waals surface area contributed by atoms with Gasteiger partial charge in [0.05, 0.1) is 24.7 Å². The number of carboxylic acids is 1. The van der Waals surface area contributed by atoms with Gasteiger partial charge in [0.25, 0.3) is 5.56 Å². The lowest BCUT2D eigenvalue weighted by Gasteiger charge is -2.35. The first-order chi connectivity index (χ1) is 14.5. The molecule has 1 aliphatic rings. The second-order valence-electron chi connectivity index (χ2n) is 8.49. The van der Waals surface area contributed by atoms with Crippen LogP contribution < -0.4 is 15.0 Å². The summed E-state index contributed by atoms with van der Waals surface area (Å²) in [6.45, 7) is 2.96. The Bertz CT molecular complexity index is 1260. The lowest BCUT2D eigenvalue weighted by molar-refractivity contribution is -0.0492. The number of halogens is 2. The quantitative estimate of drug-likeness (QED) is 0.650. The molecule has 0 fully saturated rings. The van der Waals surface area contributed by atoms with E-state index >= 15 is 0 Å². The molecule has 0 spiro atoms. The summed E-state index contributed by atoms with van der Waals surface area (Å²) in [6.07, 6.45) is 2.06. The minimum atomic E-state index is -3.06. The van der Waals surface area contributed by atoms with Crippen LogP contribution in [-0.2, 0) is 6.42 Å². The van der Waals surface area contributed by atoms with Crippen molar-refractivity contribution in [2.45, 2.75) is 39.7 Å². The number of rotatable bonds is 4. The summed E-state index contributed by atoms with van der Waals surface area (Å²) in [6, 6.07) is 2.70. The second-order valence-corrected chi connectivity index (χ2v) is 8.49. The molecule has 4 rings (SSSR count). The Balaban J connectivity index is 2.06. The summed E-state index contributed by atoms with van der Waals surface area (Å²) < 4.78 is 37.5. The average Bonchev–Trinajstić information content (AvgIpc) is 3.04. The summed E-state index contributed by atoms with van der Waals surface area (Å²) in [7, 11) is 1.41. The third-order valence-corrected chi connectivity index (χ3v) is 5.57. The average molecular weight is 433 g/mol. The van der Waals surface area contributed by atoms with Gasteiger partial charge in [-0.1, -0.05) is 20.8 Å². The van der Waals surface area contributed by atoms with Gasteiger partial charge in [-0.05, 0) is 29.4 Å². The summed E-state index contributed by atoms with van der Waals surface area (Å²) in [5, 5.41) is 9.40. The molecule has 3 heterocycles. The van der Waals surface area contributed by atoms with Crippen LogP contribution >= 0.6 is 0 Å².